The molecule has 4 heterocycles. The van der Waals surface area contributed by atoms with Crippen molar-refractivity contribution in [2.75, 3.05) is 49.1 Å². The van der Waals surface area contributed by atoms with Gasteiger partial charge in [0.25, 0.3) is 0 Å². The fraction of sp³-hybridized carbons (Fsp3) is 0.417. The van der Waals surface area contributed by atoms with Crippen molar-refractivity contribution in [1.82, 2.24) is 9.88 Å². The average molecular weight is 421 g/mol. The summed E-state index contributed by atoms with van der Waals surface area (Å²) in [4.78, 5) is 26.1. The Balaban J connectivity index is 1.25. The predicted molar refractivity (Wildman–Crippen MR) is 125 cm³/mol. The Morgan fingerprint density at radius 1 is 1.03 bits per heavy atom. The maximum atomic E-state index is 13.3. The number of fused-ring (bicyclic) bond motifs is 1. The van der Waals surface area contributed by atoms with Crippen molar-refractivity contribution < 1.29 is 4.79 Å². The van der Waals surface area contributed by atoms with Gasteiger partial charge in [0.2, 0.25) is 5.91 Å². The zero-order valence-corrected chi connectivity index (χ0v) is 18.3. The van der Waals surface area contributed by atoms with Gasteiger partial charge in [-0.25, -0.2) is 4.98 Å². The number of aryl methyl sites for hydroxylation is 1. The van der Waals surface area contributed by atoms with Gasteiger partial charge in [-0.2, -0.15) is 0 Å². The Labute approximate surface area is 181 Å². The molecule has 156 valence electrons. The van der Waals surface area contributed by atoms with Gasteiger partial charge >= 0.3 is 0 Å². The molecule has 0 radical (unpaired) electrons. The second-order valence-electron chi connectivity index (χ2n) is 8.34. The number of amides is 1. The molecule has 1 amide bonds. The third-order valence-electron chi connectivity index (χ3n) is 6.33. The highest BCUT2D eigenvalue weighted by Gasteiger charge is 2.32. The van der Waals surface area contributed by atoms with Crippen LogP contribution < -0.4 is 9.80 Å². The van der Waals surface area contributed by atoms with E-state index in [-0.39, 0.29) is 5.92 Å². The van der Waals surface area contributed by atoms with E-state index >= 15 is 0 Å². The second-order valence-corrected chi connectivity index (χ2v) is 9.62. The number of carbonyl (C=O) groups excluding carboxylic acids is 1. The summed E-state index contributed by atoms with van der Waals surface area (Å²) >= 11 is 1.81. The van der Waals surface area contributed by atoms with Crippen LogP contribution in [0.2, 0.25) is 0 Å². The van der Waals surface area contributed by atoms with Crippen LogP contribution in [0.5, 0.6) is 0 Å². The molecule has 0 aliphatic carbocycles. The van der Waals surface area contributed by atoms with E-state index in [1.165, 1.54) is 20.7 Å². The molecule has 1 unspecified atom stereocenters. The first-order valence-electron chi connectivity index (χ1n) is 10.9. The minimum atomic E-state index is 0.0683. The molecule has 2 aliphatic heterocycles. The zero-order chi connectivity index (χ0) is 20.5. The second kappa shape index (κ2) is 8.26. The molecule has 2 saturated heterocycles. The monoisotopic (exact) mass is 420 g/mol. The van der Waals surface area contributed by atoms with Gasteiger partial charge in [0.05, 0.1) is 5.92 Å². The van der Waals surface area contributed by atoms with E-state index in [0.717, 1.165) is 57.9 Å². The smallest absolute Gasteiger partial charge is 0.227 e. The third kappa shape index (κ3) is 3.76. The van der Waals surface area contributed by atoms with Gasteiger partial charge in [-0.3, -0.25) is 4.79 Å². The molecule has 0 spiro atoms. The lowest BCUT2D eigenvalue weighted by Crippen LogP contribution is -2.52. The lowest BCUT2D eigenvalue weighted by molar-refractivity contribution is -0.136. The molecule has 0 bridgehead atoms. The topological polar surface area (TPSA) is 39.7 Å². The molecule has 3 aromatic rings. The van der Waals surface area contributed by atoms with Crippen LogP contribution in [-0.4, -0.2) is 55.1 Å². The molecule has 2 fully saturated rings. The van der Waals surface area contributed by atoms with E-state index in [0.29, 0.717) is 5.91 Å². The van der Waals surface area contributed by atoms with Crippen LogP contribution in [0.3, 0.4) is 0 Å². The van der Waals surface area contributed by atoms with Gasteiger partial charge < -0.3 is 14.7 Å². The summed E-state index contributed by atoms with van der Waals surface area (Å²) < 4.78 is 1.28. The van der Waals surface area contributed by atoms with Crippen LogP contribution in [-0.2, 0) is 4.79 Å². The summed E-state index contributed by atoms with van der Waals surface area (Å²) in [6.07, 6.45) is 3.93. The molecule has 5 nitrogen and oxygen atoms in total. The number of aromatic nitrogens is 1. The molecule has 1 aromatic carbocycles. The van der Waals surface area contributed by atoms with Crippen molar-refractivity contribution in [3.05, 3.63) is 53.5 Å². The summed E-state index contributed by atoms with van der Waals surface area (Å²) in [6.45, 7) is 7.32. The quantitative estimate of drug-likeness (QED) is 0.638. The summed E-state index contributed by atoms with van der Waals surface area (Å²) in [5, 5.41) is 1.23. The standard InChI is InChI=1S/C24H28N4OS/c1-18-16-21-22(30-18)9-10-25-23(21)28-11-5-6-19(17-28)24(29)27-14-12-26(13-15-27)20-7-3-2-4-8-20/h2-4,7-10,16,19H,5-6,11-15,17H2,1H3. The summed E-state index contributed by atoms with van der Waals surface area (Å²) in [6, 6.07) is 14.8. The van der Waals surface area contributed by atoms with E-state index in [9.17, 15) is 4.79 Å². The van der Waals surface area contributed by atoms with E-state index in [1.807, 2.05) is 23.6 Å². The number of piperazine rings is 1. The highest BCUT2D eigenvalue weighted by Crippen LogP contribution is 2.33. The van der Waals surface area contributed by atoms with Crippen molar-refractivity contribution >= 4 is 38.8 Å². The molecule has 2 aliphatic rings. The Bertz CT molecular complexity index is 1030. The number of rotatable bonds is 3. The molecule has 0 saturated carbocycles. The number of nitrogens with zero attached hydrogens (tertiary/aromatic N) is 4. The number of pyridine rings is 1. The summed E-state index contributed by atoms with van der Waals surface area (Å²) in [5.41, 5.74) is 1.25. The minimum absolute atomic E-state index is 0.0683. The number of piperidine rings is 1. The van der Waals surface area contributed by atoms with Gasteiger partial charge in [-0.15, -0.1) is 11.3 Å². The van der Waals surface area contributed by atoms with Gasteiger partial charge in [-0.1, -0.05) is 18.2 Å². The van der Waals surface area contributed by atoms with Gasteiger partial charge in [0.1, 0.15) is 5.82 Å². The molecule has 1 atom stereocenters. The first-order chi connectivity index (χ1) is 14.7. The molecule has 6 heteroatoms. The number of carbonyl (C=O) groups is 1. The van der Waals surface area contributed by atoms with Gasteiger partial charge in [0, 0.05) is 66.1 Å². The van der Waals surface area contributed by atoms with Crippen molar-refractivity contribution in [2.45, 2.75) is 19.8 Å². The summed E-state index contributed by atoms with van der Waals surface area (Å²) in [7, 11) is 0. The van der Waals surface area contributed by atoms with Crippen molar-refractivity contribution in [3.63, 3.8) is 0 Å². The van der Waals surface area contributed by atoms with Crippen LogP contribution in [0.4, 0.5) is 11.5 Å². The predicted octanol–water partition coefficient (Wildman–Crippen LogP) is 4.17. The van der Waals surface area contributed by atoms with Crippen molar-refractivity contribution in [3.8, 4) is 0 Å². The SMILES string of the molecule is Cc1cc2c(N3CCCC(C(=O)N4CCN(c5ccccc5)CC4)C3)nccc2s1. The molecule has 5 rings (SSSR count). The molecule has 2 aromatic heterocycles. The maximum Gasteiger partial charge on any atom is 0.227 e. The van der Waals surface area contributed by atoms with Gasteiger partial charge in [-0.05, 0) is 44.0 Å². The van der Waals surface area contributed by atoms with Crippen molar-refractivity contribution in [1.29, 1.82) is 0 Å². The number of hydrogen-bond donors (Lipinski definition) is 0. The first-order valence-corrected chi connectivity index (χ1v) is 11.7. The van der Waals surface area contributed by atoms with Crippen LogP contribution in [0, 0.1) is 12.8 Å². The van der Waals surface area contributed by atoms with E-state index in [1.54, 1.807) is 0 Å². The normalized spacial score (nSPS) is 20.0. The fourth-order valence-electron chi connectivity index (χ4n) is 4.78. The number of anilines is 2. The summed E-state index contributed by atoms with van der Waals surface area (Å²) in [5.74, 6) is 1.43. The lowest BCUT2D eigenvalue weighted by atomic mass is 9.96. The van der Waals surface area contributed by atoms with Crippen LogP contribution in [0.25, 0.3) is 10.1 Å². The average Bonchev–Trinajstić information content (AvgIpc) is 3.19. The zero-order valence-electron chi connectivity index (χ0n) is 17.5. The highest BCUT2D eigenvalue weighted by atomic mass is 32.1. The third-order valence-corrected chi connectivity index (χ3v) is 7.35. The number of para-hydroxylation sites is 1. The molecule has 30 heavy (non-hydrogen) atoms. The van der Waals surface area contributed by atoms with Crippen LogP contribution in [0.1, 0.15) is 17.7 Å². The molecular formula is C24H28N4OS. The first kappa shape index (κ1) is 19.4. The molecule has 0 N–H and O–H groups in total. The number of hydrogen-bond acceptors (Lipinski definition) is 5. The minimum Gasteiger partial charge on any atom is -0.368 e. The lowest BCUT2D eigenvalue weighted by Gasteiger charge is -2.40. The molecular weight excluding hydrogens is 392 g/mol. The van der Waals surface area contributed by atoms with E-state index in [4.69, 9.17) is 4.98 Å². The van der Waals surface area contributed by atoms with Crippen LogP contribution in [0.15, 0.2) is 48.7 Å². The Hall–Kier alpha value is -2.60. The van der Waals surface area contributed by atoms with E-state index < -0.39 is 0 Å². The number of thiophene rings is 1. The van der Waals surface area contributed by atoms with Gasteiger partial charge in [0.15, 0.2) is 0 Å². The number of benzene rings is 1. The highest BCUT2D eigenvalue weighted by molar-refractivity contribution is 7.19. The van der Waals surface area contributed by atoms with E-state index in [2.05, 4.69) is 58.0 Å². The Kier molecular flexibility index (Phi) is 5.34. The fourth-order valence-corrected chi connectivity index (χ4v) is 5.69. The Morgan fingerprint density at radius 2 is 1.83 bits per heavy atom. The van der Waals surface area contributed by atoms with Crippen LogP contribution >= 0.6 is 11.3 Å². The Morgan fingerprint density at radius 3 is 2.63 bits per heavy atom. The largest absolute Gasteiger partial charge is 0.368 e. The maximum absolute atomic E-state index is 13.3. The van der Waals surface area contributed by atoms with Crippen molar-refractivity contribution in [2.24, 2.45) is 5.92 Å².